The van der Waals surface area contributed by atoms with Crippen LogP contribution >= 0.6 is 11.6 Å². The number of hydrogen-bond acceptors (Lipinski definition) is 6. The summed E-state index contributed by atoms with van der Waals surface area (Å²) < 4.78 is 4.17. The van der Waals surface area contributed by atoms with E-state index in [0.29, 0.717) is 0 Å². The van der Waals surface area contributed by atoms with E-state index < -0.39 is 0 Å². The minimum Gasteiger partial charge on any atom is -0.410 e. The molecule has 1 aromatic heterocycles. The highest BCUT2D eigenvalue weighted by Crippen LogP contribution is 2.07. The van der Waals surface area contributed by atoms with Gasteiger partial charge in [-0.3, -0.25) is 0 Å². The Hall–Kier alpha value is -1.30. The number of rotatable bonds is 1. The smallest absolute Gasteiger partial charge is 0.201 e. The Morgan fingerprint density at radius 3 is 2.50 bits per heavy atom. The van der Waals surface area contributed by atoms with Gasteiger partial charge in [0, 0.05) is 0 Å². The van der Waals surface area contributed by atoms with Gasteiger partial charge in [-0.05, 0) is 10.3 Å². The van der Waals surface area contributed by atoms with Gasteiger partial charge in [0.05, 0.1) is 0 Å². The summed E-state index contributed by atoms with van der Waals surface area (Å²) in [7, 11) is 0. The molecule has 0 aromatic carbocycles. The number of aromatic nitrogens is 2. The van der Waals surface area contributed by atoms with E-state index in [1.165, 1.54) is 0 Å². The summed E-state index contributed by atoms with van der Waals surface area (Å²) in [5.74, 6) is -0.0113. The van der Waals surface area contributed by atoms with Crippen LogP contribution in [0, 0.1) is 0 Å². The highest BCUT2D eigenvalue weighted by Gasteiger charge is 2.10. The van der Waals surface area contributed by atoms with Gasteiger partial charge in [0.15, 0.2) is 11.5 Å². The minimum atomic E-state index is -0.251. The molecule has 1 rings (SSSR count). The molecular formula is C5H9ClN4O2. The summed E-state index contributed by atoms with van der Waals surface area (Å²) in [6, 6.07) is 0. The molecule has 0 aliphatic rings. The molecule has 0 aliphatic heterocycles. The highest BCUT2D eigenvalue weighted by molar-refractivity contribution is 6.69. The maximum absolute atomic E-state index is 8.12. The molecule has 0 atom stereocenters. The van der Waals surface area contributed by atoms with E-state index in [2.05, 4.69) is 20.1 Å². The first kappa shape index (κ1) is 10.7. The molecule has 0 aliphatic carbocycles. The Morgan fingerprint density at radius 2 is 2.17 bits per heavy atom. The Morgan fingerprint density at radius 1 is 1.58 bits per heavy atom. The van der Waals surface area contributed by atoms with E-state index in [4.69, 9.17) is 22.5 Å². The standard InChI is InChI=1S/C3H3ClN4O2.C2H6/c4-2(6-9)1-3(5)8-10-7-1;1-2/h9H,(H2,5,8);1-2H3/b6-2-;. The van der Waals surface area contributed by atoms with Crippen LogP contribution in [0.15, 0.2) is 9.78 Å². The van der Waals surface area contributed by atoms with Gasteiger partial charge in [-0.2, -0.15) is 0 Å². The van der Waals surface area contributed by atoms with Crippen LogP contribution in [0.1, 0.15) is 19.5 Å². The van der Waals surface area contributed by atoms with Gasteiger partial charge in [-0.25, -0.2) is 4.63 Å². The number of nitrogens with zero attached hydrogens (tertiary/aromatic N) is 3. The maximum atomic E-state index is 8.12. The van der Waals surface area contributed by atoms with Crippen LogP contribution in [0.3, 0.4) is 0 Å². The SMILES string of the molecule is CC.Nc1nonc1/C(Cl)=N/O. The Labute approximate surface area is 74.0 Å². The van der Waals surface area contributed by atoms with Gasteiger partial charge < -0.3 is 10.9 Å². The lowest BCUT2D eigenvalue weighted by Gasteiger charge is -1.84. The van der Waals surface area contributed by atoms with Gasteiger partial charge in [0.1, 0.15) is 0 Å². The van der Waals surface area contributed by atoms with Gasteiger partial charge >= 0.3 is 0 Å². The molecule has 7 heteroatoms. The van der Waals surface area contributed by atoms with Crippen molar-refractivity contribution in [2.24, 2.45) is 5.16 Å². The lowest BCUT2D eigenvalue weighted by Crippen LogP contribution is -1.97. The van der Waals surface area contributed by atoms with Crippen molar-refractivity contribution >= 4 is 22.6 Å². The van der Waals surface area contributed by atoms with Crippen LogP contribution in [0.2, 0.25) is 0 Å². The first-order valence-electron chi connectivity index (χ1n) is 3.21. The summed E-state index contributed by atoms with van der Waals surface area (Å²) in [5, 5.41) is 17.0. The highest BCUT2D eigenvalue weighted by atomic mass is 35.5. The summed E-state index contributed by atoms with van der Waals surface area (Å²) in [4.78, 5) is 0. The molecule has 6 nitrogen and oxygen atoms in total. The second kappa shape index (κ2) is 5.36. The average Bonchev–Trinajstić information content (AvgIpc) is 2.54. The molecule has 0 unspecified atom stereocenters. The van der Waals surface area contributed by atoms with Crippen molar-refractivity contribution in [1.29, 1.82) is 0 Å². The van der Waals surface area contributed by atoms with Crippen molar-refractivity contribution in [3.8, 4) is 0 Å². The zero-order valence-corrected chi connectivity index (χ0v) is 7.41. The zero-order chi connectivity index (χ0) is 9.56. The van der Waals surface area contributed by atoms with Crippen LogP contribution < -0.4 is 5.73 Å². The number of nitrogens with two attached hydrogens (primary N) is 1. The third-order valence-electron chi connectivity index (χ3n) is 0.797. The van der Waals surface area contributed by atoms with Crippen molar-refractivity contribution in [3.63, 3.8) is 0 Å². The molecule has 0 saturated carbocycles. The van der Waals surface area contributed by atoms with Crippen LogP contribution in [0.4, 0.5) is 5.82 Å². The molecule has 0 radical (unpaired) electrons. The molecule has 0 bridgehead atoms. The minimum absolute atomic E-state index is 0.0113. The predicted molar refractivity (Wildman–Crippen MR) is 44.2 cm³/mol. The molecule has 3 N–H and O–H groups in total. The van der Waals surface area contributed by atoms with Gasteiger partial charge in [0.25, 0.3) is 0 Å². The summed E-state index contributed by atoms with van der Waals surface area (Å²) in [5.41, 5.74) is 5.20. The molecule has 0 amide bonds. The Bertz CT molecular complexity index is 260. The van der Waals surface area contributed by atoms with Gasteiger partial charge in [0.2, 0.25) is 5.17 Å². The van der Waals surface area contributed by atoms with Crippen molar-refractivity contribution in [3.05, 3.63) is 5.69 Å². The zero-order valence-electron chi connectivity index (χ0n) is 6.65. The Balaban J connectivity index is 0.000000561. The monoisotopic (exact) mass is 192 g/mol. The maximum Gasteiger partial charge on any atom is 0.201 e. The molecule has 68 valence electrons. The Kier molecular flexibility index (Phi) is 4.78. The second-order valence-corrected chi connectivity index (χ2v) is 1.75. The van der Waals surface area contributed by atoms with Crippen molar-refractivity contribution in [2.45, 2.75) is 13.8 Å². The third kappa shape index (κ3) is 2.39. The van der Waals surface area contributed by atoms with Crippen LogP contribution in [-0.4, -0.2) is 20.7 Å². The van der Waals surface area contributed by atoms with Crippen LogP contribution in [0.25, 0.3) is 0 Å². The average molecular weight is 193 g/mol. The lowest BCUT2D eigenvalue weighted by molar-refractivity contribution is 0.305. The van der Waals surface area contributed by atoms with Crippen LogP contribution in [-0.2, 0) is 0 Å². The largest absolute Gasteiger partial charge is 0.410 e. The molecular weight excluding hydrogens is 184 g/mol. The summed E-state index contributed by atoms with van der Waals surface area (Å²) in [6.45, 7) is 4.00. The number of halogens is 1. The van der Waals surface area contributed by atoms with Crippen LogP contribution in [0.5, 0.6) is 0 Å². The lowest BCUT2D eigenvalue weighted by atomic mass is 10.5. The van der Waals surface area contributed by atoms with E-state index in [1.807, 2.05) is 13.8 Å². The van der Waals surface area contributed by atoms with E-state index in [0.717, 1.165) is 0 Å². The molecule has 1 heterocycles. The fourth-order valence-corrected chi connectivity index (χ4v) is 0.517. The fourth-order valence-electron chi connectivity index (χ4n) is 0.386. The summed E-state index contributed by atoms with van der Waals surface area (Å²) >= 11 is 5.29. The van der Waals surface area contributed by atoms with Crippen molar-refractivity contribution < 1.29 is 9.84 Å². The normalized spacial score (nSPS) is 10.4. The van der Waals surface area contributed by atoms with Gasteiger partial charge in [-0.15, -0.1) is 0 Å². The second-order valence-electron chi connectivity index (χ2n) is 1.39. The number of nitrogen functional groups attached to an aromatic ring is 1. The molecule has 0 saturated heterocycles. The number of hydrogen-bond donors (Lipinski definition) is 2. The first-order chi connectivity index (χ1) is 5.75. The van der Waals surface area contributed by atoms with E-state index >= 15 is 0 Å². The fraction of sp³-hybridized carbons (Fsp3) is 0.400. The first-order valence-corrected chi connectivity index (χ1v) is 3.59. The number of anilines is 1. The topological polar surface area (TPSA) is 97.5 Å². The van der Waals surface area contributed by atoms with Crippen molar-refractivity contribution in [2.75, 3.05) is 5.73 Å². The van der Waals surface area contributed by atoms with E-state index in [1.54, 1.807) is 0 Å². The molecule has 0 fully saturated rings. The molecule has 12 heavy (non-hydrogen) atoms. The quantitative estimate of drug-likeness (QED) is 0.394. The number of oxime groups is 1. The van der Waals surface area contributed by atoms with Crippen molar-refractivity contribution in [1.82, 2.24) is 10.3 Å². The third-order valence-corrected chi connectivity index (χ3v) is 1.05. The van der Waals surface area contributed by atoms with Gasteiger partial charge in [-0.1, -0.05) is 30.6 Å². The molecule has 1 aromatic rings. The predicted octanol–water partition coefficient (Wildman–Crippen LogP) is 1.05. The molecule has 0 spiro atoms. The van der Waals surface area contributed by atoms with E-state index in [-0.39, 0.29) is 16.7 Å². The summed E-state index contributed by atoms with van der Waals surface area (Å²) in [6.07, 6.45) is 0. The van der Waals surface area contributed by atoms with E-state index in [9.17, 15) is 0 Å².